The molecule has 3 heteroatoms. The number of hydrogen-bond acceptors (Lipinski definition) is 3. The molecule has 3 saturated carbocycles. The summed E-state index contributed by atoms with van der Waals surface area (Å²) in [6, 6.07) is 0.566. The molecule has 0 amide bonds. The van der Waals surface area contributed by atoms with E-state index in [9.17, 15) is 0 Å². The van der Waals surface area contributed by atoms with Crippen molar-refractivity contribution < 1.29 is 4.42 Å². The van der Waals surface area contributed by atoms with Crippen molar-refractivity contribution in [1.82, 2.24) is 10.3 Å². The summed E-state index contributed by atoms with van der Waals surface area (Å²) >= 11 is 0. The SMILES string of the molecule is CC(C)NCCCc1ncc(C2C3C4CCC(C4)C23)o1. The summed E-state index contributed by atoms with van der Waals surface area (Å²) in [4.78, 5) is 4.50. The molecule has 110 valence electrons. The summed E-state index contributed by atoms with van der Waals surface area (Å²) in [6.45, 7) is 5.42. The van der Waals surface area contributed by atoms with Gasteiger partial charge in [0.15, 0.2) is 5.89 Å². The number of nitrogens with one attached hydrogen (secondary N) is 1. The van der Waals surface area contributed by atoms with Crippen molar-refractivity contribution in [2.45, 2.75) is 57.9 Å². The Morgan fingerprint density at radius 1 is 1.30 bits per heavy atom. The minimum atomic E-state index is 0.566. The first-order valence-electron chi connectivity index (χ1n) is 8.42. The molecule has 3 aliphatic rings. The van der Waals surface area contributed by atoms with E-state index in [2.05, 4.69) is 24.1 Å². The highest BCUT2D eigenvalue weighted by atomic mass is 16.4. The minimum absolute atomic E-state index is 0.566. The van der Waals surface area contributed by atoms with Crippen LogP contribution in [0.15, 0.2) is 10.6 Å². The summed E-state index contributed by atoms with van der Waals surface area (Å²) in [7, 11) is 0. The Bertz CT molecular complexity index is 465. The zero-order chi connectivity index (χ0) is 13.7. The van der Waals surface area contributed by atoms with Crippen LogP contribution in [0.1, 0.15) is 57.1 Å². The maximum atomic E-state index is 6.04. The van der Waals surface area contributed by atoms with Gasteiger partial charge in [0, 0.05) is 18.4 Å². The number of nitrogens with zero attached hydrogens (tertiary/aromatic N) is 1. The average Bonchev–Trinajstić information content (AvgIpc) is 2.84. The van der Waals surface area contributed by atoms with E-state index in [4.69, 9.17) is 4.42 Å². The van der Waals surface area contributed by atoms with Crippen molar-refractivity contribution >= 4 is 0 Å². The number of oxazole rings is 1. The highest BCUT2D eigenvalue weighted by Gasteiger charge is 2.66. The van der Waals surface area contributed by atoms with Gasteiger partial charge in [0.1, 0.15) is 5.76 Å². The Kier molecular flexibility index (Phi) is 3.13. The van der Waals surface area contributed by atoms with Crippen molar-refractivity contribution in [3.63, 3.8) is 0 Å². The maximum Gasteiger partial charge on any atom is 0.194 e. The largest absolute Gasteiger partial charge is 0.445 e. The second-order valence-electron chi connectivity index (χ2n) is 7.38. The molecule has 0 aromatic carbocycles. The van der Waals surface area contributed by atoms with Crippen LogP contribution in [-0.2, 0) is 6.42 Å². The molecule has 1 heterocycles. The molecule has 1 N–H and O–H groups in total. The summed E-state index contributed by atoms with van der Waals surface area (Å²) < 4.78 is 6.04. The van der Waals surface area contributed by atoms with Crippen molar-refractivity contribution in [2.24, 2.45) is 23.7 Å². The van der Waals surface area contributed by atoms with Gasteiger partial charge in [-0.25, -0.2) is 4.98 Å². The molecule has 3 fully saturated rings. The monoisotopic (exact) mass is 274 g/mol. The summed E-state index contributed by atoms with van der Waals surface area (Å²) in [5.41, 5.74) is 0. The first-order valence-corrected chi connectivity index (χ1v) is 8.42. The van der Waals surface area contributed by atoms with Crippen LogP contribution in [0, 0.1) is 23.7 Å². The number of aryl methyl sites for hydroxylation is 1. The first-order chi connectivity index (χ1) is 9.74. The molecule has 3 aliphatic carbocycles. The fourth-order valence-corrected chi connectivity index (χ4v) is 4.93. The maximum absolute atomic E-state index is 6.04. The predicted molar refractivity (Wildman–Crippen MR) is 78.5 cm³/mol. The van der Waals surface area contributed by atoms with Gasteiger partial charge in [-0.2, -0.15) is 0 Å². The van der Waals surface area contributed by atoms with E-state index >= 15 is 0 Å². The Balaban J connectivity index is 1.31. The van der Waals surface area contributed by atoms with Gasteiger partial charge in [-0.1, -0.05) is 13.8 Å². The number of aromatic nitrogens is 1. The molecule has 0 saturated heterocycles. The molecule has 0 radical (unpaired) electrons. The van der Waals surface area contributed by atoms with Crippen molar-refractivity contribution in [3.8, 4) is 0 Å². The van der Waals surface area contributed by atoms with Gasteiger partial charge in [0.05, 0.1) is 6.20 Å². The number of fused-ring (bicyclic) bond motifs is 5. The molecule has 0 aliphatic heterocycles. The second kappa shape index (κ2) is 4.87. The first kappa shape index (κ1) is 12.9. The van der Waals surface area contributed by atoms with Crippen LogP contribution in [0.5, 0.6) is 0 Å². The number of hydrogen-bond donors (Lipinski definition) is 1. The van der Waals surface area contributed by atoms with Crippen LogP contribution in [0.3, 0.4) is 0 Å². The topological polar surface area (TPSA) is 38.1 Å². The molecule has 20 heavy (non-hydrogen) atoms. The fourth-order valence-electron chi connectivity index (χ4n) is 4.93. The zero-order valence-electron chi connectivity index (χ0n) is 12.6. The quantitative estimate of drug-likeness (QED) is 0.808. The normalized spacial score (nSPS) is 37.6. The van der Waals surface area contributed by atoms with Gasteiger partial charge < -0.3 is 9.73 Å². The van der Waals surface area contributed by atoms with E-state index in [-0.39, 0.29) is 0 Å². The van der Waals surface area contributed by atoms with Crippen molar-refractivity contribution in [2.75, 3.05) is 6.54 Å². The van der Waals surface area contributed by atoms with Gasteiger partial charge in [0.2, 0.25) is 0 Å². The molecule has 4 unspecified atom stereocenters. The Hall–Kier alpha value is -0.830. The molecule has 4 rings (SSSR count). The lowest BCUT2D eigenvalue weighted by atomic mass is 10.0. The highest BCUT2D eigenvalue weighted by molar-refractivity contribution is 5.25. The van der Waals surface area contributed by atoms with E-state index < -0.39 is 0 Å². The van der Waals surface area contributed by atoms with E-state index in [1.165, 1.54) is 25.0 Å². The Labute approximate surface area is 121 Å². The van der Waals surface area contributed by atoms with Gasteiger partial charge in [-0.3, -0.25) is 0 Å². The third kappa shape index (κ3) is 2.11. The predicted octanol–water partition coefficient (Wildman–Crippen LogP) is 3.36. The molecule has 1 aromatic heterocycles. The molecule has 1 aromatic rings. The van der Waals surface area contributed by atoms with E-state index in [0.29, 0.717) is 6.04 Å². The lowest BCUT2D eigenvalue weighted by molar-refractivity contribution is 0.411. The van der Waals surface area contributed by atoms with Gasteiger partial charge in [-0.05, 0) is 55.9 Å². The Morgan fingerprint density at radius 2 is 2.05 bits per heavy atom. The molecule has 3 nitrogen and oxygen atoms in total. The zero-order valence-corrected chi connectivity index (χ0v) is 12.6. The van der Waals surface area contributed by atoms with Gasteiger partial charge in [0.25, 0.3) is 0 Å². The smallest absolute Gasteiger partial charge is 0.194 e. The van der Waals surface area contributed by atoms with Crippen molar-refractivity contribution in [1.29, 1.82) is 0 Å². The molecule has 0 spiro atoms. The minimum Gasteiger partial charge on any atom is -0.445 e. The van der Waals surface area contributed by atoms with Crippen LogP contribution in [0.4, 0.5) is 0 Å². The van der Waals surface area contributed by atoms with E-state index in [1.807, 2.05) is 6.20 Å². The van der Waals surface area contributed by atoms with Crippen LogP contribution in [0.25, 0.3) is 0 Å². The molecular weight excluding hydrogens is 248 g/mol. The average molecular weight is 274 g/mol. The highest BCUT2D eigenvalue weighted by Crippen LogP contribution is 2.73. The third-order valence-corrected chi connectivity index (χ3v) is 5.76. The third-order valence-electron chi connectivity index (χ3n) is 5.76. The molecule has 2 bridgehead atoms. The van der Waals surface area contributed by atoms with E-state index in [1.54, 1.807) is 0 Å². The Morgan fingerprint density at radius 3 is 2.75 bits per heavy atom. The standard InChI is InChI=1S/C17H26N2O/c1-10(2)18-7-3-4-14-19-9-13(20-14)17-15-11-5-6-12(8-11)16(15)17/h9-12,15-18H,3-8H2,1-2H3. The van der Waals surface area contributed by atoms with Crippen LogP contribution in [0.2, 0.25) is 0 Å². The molecular formula is C17H26N2O. The van der Waals surface area contributed by atoms with Gasteiger partial charge in [-0.15, -0.1) is 0 Å². The summed E-state index contributed by atoms with van der Waals surface area (Å²) in [6.07, 6.45) is 8.56. The van der Waals surface area contributed by atoms with Crippen LogP contribution >= 0.6 is 0 Å². The fraction of sp³-hybridized carbons (Fsp3) is 0.824. The number of rotatable bonds is 6. The van der Waals surface area contributed by atoms with E-state index in [0.717, 1.165) is 54.9 Å². The second-order valence-corrected chi connectivity index (χ2v) is 7.38. The lowest BCUT2D eigenvalue weighted by Crippen LogP contribution is -2.23. The van der Waals surface area contributed by atoms with Crippen LogP contribution in [-0.4, -0.2) is 17.6 Å². The molecule has 4 atom stereocenters. The van der Waals surface area contributed by atoms with Crippen molar-refractivity contribution in [3.05, 3.63) is 17.8 Å². The summed E-state index contributed by atoms with van der Waals surface area (Å²) in [5.74, 6) is 6.81. The van der Waals surface area contributed by atoms with Crippen LogP contribution < -0.4 is 5.32 Å². The summed E-state index contributed by atoms with van der Waals surface area (Å²) in [5, 5.41) is 3.44. The van der Waals surface area contributed by atoms with Gasteiger partial charge >= 0.3 is 0 Å². The lowest BCUT2D eigenvalue weighted by Gasteiger charge is -2.06.